The SMILES string of the molecule is CCOC(=O)CCNC(=O)C(c1ccc(O)cc1)N(C(=O)C(Cc1ccc(O)cc1)NC(=O)OC(C)(C)C)C(C)(C)C. The molecule has 0 saturated heterocycles. The van der Waals surface area contributed by atoms with Gasteiger partial charge in [-0.2, -0.15) is 0 Å². The van der Waals surface area contributed by atoms with Crippen molar-refractivity contribution >= 4 is 23.9 Å². The molecule has 0 aliphatic heterocycles. The number of phenolic OH excluding ortho intramolecular Hbond substituents is 2. The minimum Gasteiger partial charge on any atom is -0.508 e. The number of hydrogen-bond donors (Lipinski definition) is 4. The van der Waals surface area contributed by atoms with Gasteiger partial charge in [0.25, 0.3) is 0 Å². The lowest BCUT2D eigenvalue weighted by molar-refractivity contribution is -0.149. The van der Waals surface area contributed by atoms with Crippen molar-refractivity contribution in [1.29, 1.82) is 0 Å². The maximum absolute atomic E-state index is 14.4. The van der Waals surface area contributed by atoms with Crippen LogP contribution < -0.4 is 10.6 Å². The third-order valence-corrected chi connectivity index (χ3v) is 5.97. The smallest absolute Gasteiger partial charge is 0.408 e. The number of ether oxygens (including phenoxy) is 2. The minimum absolute atomic E-state index is 0.0223. The molecule has 2 rings (SSSR count). The summed E-state index contributed by atoms with van der Waals surface area (Å²) in [7, 11) is 0. The van der Waals surface area contributed by atoms with E-state index in [-0.39, 0.29) is 37.5 Å². The summed E-state index contributed by atoms with van der Waals surface area (Å²) >= 11 is 0. The number of aromatic hydroxyl groups is 2. The molecule has 0 radical (unpaired) electrons. The van der Waals surface area contributed by atoms with Crippen LogP contribution in [-0.4, -0.2) is 69.3 Å². The van der Waals surface area contributed by atoms with Crippen molar-refractivity contribution in [3.63, 3.8) is 0 Å². The predicted octanol–water partition coefficient (Wildman–Crippen LogP) is 3.97. The number of rotatable bonds is 11. The highest BCUT2D eigenvalue weighted by Crippen LogP contribution is 2.31. The number of benzene rings is 2. The zero-order valence-electron chi connectivity index (χ0n) is 25.4. The van der Waals surface area contributed by atoms with E-state index in [4.69, 9.17) is 9.47 Å². The first-order chi connectivity index (χ1) is 19.5. The van der Waals surface area contributed by atoms with Crippen molar-refractivity contribution in [3.8, 4) is 11.5 Å². The summed E-state index contributed by atoms with van der Waals surface area (Å²) in [5.41, 5.74) is -0.713. The van der Waals surface area contributed by atoms with E-state index in [1.54, 1.807) is 60.6 Å². The summed E-state index contributed by atoms with van der Waals surface area (Å²) in [5.74, 6) is -1.58. The zero-order valence-corrected chi connectivity index (χ0v) is 25.4. The summed E-state index contributed by atoms with van der Waals surface area (Å²) in [6, 6.07) is 9.75. The van der Waals surface area contributed by atoms with E-state index in [1.165, 1.54) is 41.3 Å². The minimum atomic E-state index is -1.19. The van der Waals surface area contributed by atoms with Crippen molar-refractivity contribution in [1.82, 2.24) is 15.5 Å². The average Bonchev–Trinajstić information content (AvgIpc) is 2.86. The molecule has 2 aromatic carbocycles. The molecule has 230 valence electrons. The fraction of sp³-hybridized carbons (Fsp3) is 0.484. The van der Waals surface area contributed by atoms with Crippen LogP contribution in [0.2, 0.25) is 0 Å². The Balaban J connectivity index is 2.54. The Morgan fingerprint density at radius 3 is 1.93 bits per heavy atom. The summed E-state index contributed by atoms with van der Waals surface area (Å²) in [4.78, 5) is 54.2. The van der Waals surface area contributed by atoms with Gasteiger partial charge in [-0.25, -0.2) is 4.79 Å². The van der Waals surface area contributed by atoms with Crippen LogP contribution in [-0.2, 0) is 30.3 Å². The molecule has 2 unspecified atom stereocenters. The molecule has 0 heterocycles. The van der Waals surface area contributed by atoms with E-state index in [0.29, 0.717) is 11.1 Å². The van der Waals surface area contributed by atoms with E-state index in [1.807, 2.05) is 0 Å². The van der Waals surface area contributed by atoms with Gasteiger partial charge in [-0.1, -0.05) is 24.3 Å². The Hall–Kier alpha value is -4.28. The molecular weight excluding hydrogens is 542 g/mol. The highest BCUT2D eigenvalue weighted by atomic mass is 16.6. The van der Waals surface area contributed by atoms with Crippen molar-refractivity contribution in [3.05, 3.63) is 59.7 Å². The van der Waals surface area contributed by atoms with E-state index in [9.17, 15) is 29.4 Å². The van der Waals surface area contributed by atoms with Gasteiger partial charge in [0.15, 0.2) is 0 Å². The first kappa shape index (κ1) is 33.9. The van der Waals surface area contributed by atoms with Crippen molar-refractivity contribution in [2.75, 3.05) is 13.2 Å². The molecule has 0 saturated carbocycles. The maximum Gasteiger partial charge on any atom is 0.408 e. The topological polar surface area (TPSA) is 154 Å². The molecule has 0 bridgehead atoms. The molecule has 0 fully saturated rings. The maximum atomic E-state index is 14.4. The molecule has 4 N–H and O–H groups in total. The van der Waals surface area contributed by atoms with Crippen LogP contribution in [0.25, 0.3) is 0 Å². The van der Waals surface area contributed by atoms with Crippen LogP contribution in [0.15, 0.2) is 48.5 Å². The van der Waals surface area contributed by atoms with Gasteiger partial charge in [0, 0.05) is 18.5 Å². The van der Waals surface area contributed by atoms with Gasteiger partial charge in [-0.3, -0.25) is 14.4 Å². The normalized spacial score (nSPS) is 12.9. The van der Waals surface area contributed by atoms with Gasteiger partial charge in [0.05, 0.1) is 13.0 Å². The van der Waals surface area contributed by atoms with Crippen LogP contribution in [0, 0.1) is 0 Å². The molecule has 0 aliphatic carbocycles. The number of alkyl carbamates (subject to hydrolysis) is 1. The number of nitrogens with zero attached hydrogens (tertiary/aromatic N) is 1. The number of phenols is 2. The van der Waals surface area contributed by atoms with Crippen LogP contribution in [0.5, 0.6) is 11.5 Å². The molecule has 0 aliphatic rings. The summed E-state index contributed by atoms with van der Waals surface area (Å²) in [6.45, 7) is 12.3. The van der Waals surface area contributed by atoms with Gasteiger partial charge in [-0.05, 0) is 83.9 Å². The lowest BCUT2D eigenvalue weighted by atomic mass is 9.94. The lowest BCUT2D eigenvalue weighted by Crippen LogP contribution is -2.59. The standard InChI is InChI=1S/C31H43N3O8/c1-8-41-25(37)17-18-32-27(38)26(21-11-15-23(36)16-12-21)34(30(2,3)4)28(39)24(33-29(40)42-31(5,6)7)19-20-9-13-22(35)14-10-20/h9-16,24,26,35-36H,8,17-19H2,1-7H3,(H,32,38)(H,33,40). The van der Waals surface area contributed by atoms with Gasteiger partial charge >= 0.3 is 12.1 Å². The molecule has 0 aromatic heterocycles. The molecule has 2 aromatic rings. The fourth-order valence-corrected chi connectivity index (χ4v) is 4.22. The number of nitrogens with one attached hydrogen (secondary N) is 2. The second-order valence-corrected chi connectivity index (χ2v) is 11.8. The number of carbonyl (C=O) groups excluding carboxylic acids is 4. The monoisotopic (exact) mass is 585 g/mol. The quantitative estimate of drug-likeness (QED) is 0.289. The number of carbonyl (C=O) groups is 4. The molecule has 0 spiro atoms. The Kier molecular flexibility index (Phi) is 11.8. The Morgan fingerprint density at radius 1 is 0.881 bits per heavy atom. The van der Waals surface area contributed by atoms with Gasteiger partial charge in [-0.15, -0.1) is 0 Å². The number of hydrogen-bond acceptors (Lipinski definition) is 8. The average molecular weight is 586 g/mol. The van der Waals surface area contributed by atoms with Crippen molar-refractivity contribution in [2.24, 2.45) is 0 Å². The van der Waals surface area contributed by atoms with E-state index in [2.05, 4.69) is 10.6 Å². The number of amides is 3. The summed E-state index contributed by atoms with van der Waals surface area (Å²) in [5, 5.41) is 25.0. The highest BCUT2D eigenvalue weighted by Gasteiger charge is 2.42. The van der Waals surface area contributed by atoms with Crippen molar-refractivity contribution in [2.45, 2.75) is 84.5 Å². The largest absolute Gasteiger partial charge is 0.508 e. The van der Waals surface area contributed by atoms with Crippen LogP contribution in [0.3, 0.4) is 0 Å². The van der Waals surface area contributed by atoms with E-state index >= 15 is 0 Å². The Labute approximate surface area is 247 Å². The fourth-order valence-electron chi connectivity index (χ4n) is 4.22. The second-order valence-electron chi connectivity index (χ2n) is 11.8. The molecule has 2 atom stereocenters. The summed E-state index contributed by atoms with van der Waals surface area (Å²) < 4.78 is 10.4. The Bertz CT molecular complexity index is 1210. The predicted molar refractivity (Wildman–Crippen MR) is 157 cm³/mol. The van der Waals surface area contributed by atoms with E-state index in [0.717, 1.165) is 0 Å². The van der Waals surface area contributed by atoms with Crippen LogP contribution in [0.4, 0.5) is 4.79 Å². The first-order valence-electron chi connectivity index (χ1n) is 13.8. The molecule has 11 nitrogen and oxygen atoms in total. The van der Waals surface area contributed by atoms with Gasteiger partial charge < -0.3 is 35.2 Å². The zero-order chi connectivity index (χ0) is 31.7. The van der Waals surface area contributed by atoms with Gasteiger partial charge in [0.1, 0.15) is 29.2 Å². The molecule has 3 amide bonds. The third-order valence-electron chi connectivity index (χ3n) is 5.97. The third kappa shape index (κ3) is 10.6. The highest BCUT2D eigenvalue weighted by molar-refractivity contribution is 5.93. The summed E-state index contributed by atoms with van der Waals surface area (Å²) in [6.07, 6.45) is -0.833. The second kappa shape index (κ2) is 14.6. The first-order valence-corrected chi connectivity index (χ1v) is 13.8. The van der Waals surface area contributed by atoms with Crippen molar-refractivity contribution < 1.29 is 38.9 Å². The van der Waals surface area contributed by atoms with Crippen LogP contribution >= 0.6 is 0 Å². The van der Waals surface area contributed by atoms with Crippen LogP contribution in [0.1, 0.15) is 72.1 Å². The van der Waals surface area contributed by atoms with Gasteiger partial charge in [0.2, 0.25) is 11.8 Å². The molecule has 42 heavy (non-hydrogen) atoms. The molecule has 11 heteroatoms. The number of esters is 1. The van der Waals surface area contributed by atoms with E-state index < -0.39 is 47.1 Å². The molecular formula is C31H43N3O8. The Morgan fingerprint density at radius 2 is 1.43 bits per heavy atom. The lowest BCUT2D eigenvalue weighted by Gasteiger charge is -2.43.